The third kappa shape index (κ3) is 1.38. The van der Waals surface area contributed by atoms with Crippen LogP contribution >= 0.6 is 23.2 Å². The van der Waals surface area contributed by atoms with Crippen LogP contribution in [0, 0.1) is 6.07 Å². The van der Waals surface area contributed by atoms with E-state index < -0.39 is 4.33 Å². The second-order valence-corrected chi connectivity index (χ2v) is 4.40. The van der Waals surface area contributed by atoms with E-state index in [0.29, 0.717) is 5.92 Å². The van der Waals surface area contributed by atoms with Crippen LogP contribution in [0.25, 0.3) is 0 Å². The first kappa shape index (κ1) is 7.45. The van der Waals surface area contributed by atoms with Crippen molar-refractivity contribution >= 4 is 23.2 Å². The lowest BCUT2D eigenvalue weighted by molar-refractivity contribution is 1.11. The standard InChI is InChI=1S/C9H7Cl2/c10-9(11)6-8(9)7-4-2-1-3-5-7/h1-2,4-5,8H,6H2. The van der Waals surface area contributed by atoms with Crippen molar-refractivity contribution in [2.45, 2.75) is 16.7 Å². The zero-order chi connectivity index (χ0) is 7.90. The number of benzene rings is 1. The van der Waals surface area contributed by atoms with Crippen LogP contribution in [-0.4, -0.2) is 4.33 Å². The van der Waals surface area contributed by atoms with Gasteiger partial charge in [-0.1, -0.05) is 24.3 Å². The predicted octanol–water partition coefficient (Wildman–Crippen LogP) is 3.15. The second-order valence-electron chi connectivity index (χ2n) is 2.85. The third-order valence-corrected chi connectivity index (χ3v) is 2.79. The van der Waals surface area contributed by atoms with Gasteiger partial charge in [-0.15, -0.1) is 23.2 Å². The molecule has 1 fully saturated rings. The van der Waals surface area contributed by atoms with Crippen LogP contribution in [0.4, 0.5) is 0 Å². The molecule has 0 spiro atoms. The van der Waals surface area contributed by atoms with E-state index in [9.17, 15) is 0 Å². The molecule has 1 radical (unpaired) electrons. The molecule has 57 valence electrons. The molecule has 0 bridgehead atoms. The molecule has 2 rings (SSSR count). The van der Waals surface area contributed by atoms with E-state index in [0.717, 1.165) is 6.42 Å². The van der Waals surface area contributed by atoms with Gasteiger partial charge in [0, 0.05) is 5.92 Å². The SMILES string of the molecule is ClC1(Cl)CC1c1c[c]ccc1. The Morgan fingerprint density at radius 1 is 1.55 bits per heavy atom. The molecular formula is C9H7Cl2. The van der Waals surface area contributed by atoms with E-state index in [1.807, 2.05) is 24.3 Å². The normalized spacial score (nSPS) is 26.5. The minimum absolute atomic E-state index is 0.322. The topological polar surface area (TPSA) is 0 Å². The Hall–Kier alpha value is -0.200. The van der Waals surface area contributed by atoms with Crippen LogP contribution in [0.3, 0.4) is 0 Å². The zero-order valence-corrected chi connectivity index (χ0v) is 7.36. The van der Waals surface area contributed by atoms with E-state index in [-0.39, 0.29) is 0 Å². The summed E-state index contributed by atoms with van der Waals surface area (Å²) < 4.78 is -0.505. The second kappa shape index (κ2) is 2.40. The van der Waals surface area contributed by atoms with Crippen LogP contribution in [0.5, 0.6) is 0 Å². The first-order valence-corrected chi connectivity index (χ1v) is 4.29. The van der Waals surface area contributed by atoms with Gasteiger partial charge in [-0.05, 0) is 18.1 Å². The molecule has 0 N–H and O–H groups in total. The summed E-state index contributed by atoms with van der Waals surface area (Å²) in [6.45, 7) is 0. The van der Waals surface area contributed by atoms with E-state index in [1.165, 1.54) is 5.56 Å². The lowest BCUT2D eigenvalue weighted by Crippen LogP contribution is -1.88. The molecule has 0 aromatic heterocycles. The van der Waals surface area contributed by atoms with Gasteiger partial charge in [0.15, 0.2) is 0 Å². The number of hydrogen-bond acceptors (Lipinski definition) is 0. The highest BCUT2D eigenvalue weighted by Gasteiger charge is 2.52. The molecule has 11 heavy (non-hydrogen) atoms. The highest BCUT2D eigenvalue weighted by Crippen LogP contribution is 2.59. The molecule has 1 aliphatic rings. The molecule has 1 aliphatic carbocycles. The van der Waals surface area contributed by atoms with Gasteiger partial charge in [-0.3, -0.25) is 0 Å². The maximum Gasteiger partial charge on any atom is 0.125 e. The van der Waals surface area contributed by atoms with Crippen LogP contribution in [0.15, 0.2) is 24.3 Å². The highest BCUT2D eigenvalue weighted by atomic mass is 35.5. The Bertz CT molecular complexity index is 254. The van der Waals surface area contributed by atoms with Gasteiger partial charge in [0.25, 0.3) is 0 Å². The van der Waals surface area contributed by atoms with Crippen molar-refractivity contribution in [3.63, 3.8) is 0 Å². The van der Waals surface area contributed by atoms with E-state index >= 15 is 0 Å². The molecule has 2 heteroatoms. The smallest absolute Gasteiger partial charge is 0.101 e. The summed E-state index contributed by atoms with van der Waals surface area (Å²) in [7, 11) is 0. The molecule has 1 atom stereocenters. The fourth-order valence-corrected chi connectivity index (χ4v) is 1.76. The summed E-state index contributed by atoms with van der Waals surface area (Å²) in [6.07, 6.45) is 0.869. The summed E-state index contributed by atoms with van der Waals surface area (Å²) in [5, 5.41) is 0. The highest BCUT2D eigenvalue weighted by molar-refractivity contribution is 6.51. The summed E-state index contributed by atoms with van der Waals surface area (Å²) in [5.74, 6) is 0.322. The number of halogens is 2. The maximum absolute atomic E-state index is 5.89. The minimum atomic E-state index is -0.505. The van der Waals surface area contributed by atoms with Gasteiger partial charge >= 0.3 is 0 Å². The Kier molecular flexibility index (Phi) is 1.62. The fraction of sp³-hybridized carbons (Fsp3) is 0.333. The summed E-state index contributed by atoms with van der Waals surface area (Å²) in [4.78, 5) is 0. The average molecular weight is 186 g/mol. The molecule has 0 heterocycles. The quantitative estimate of drug-likeness (QED) is 0.591. The van der Waals surface area contributed by atoms with Crippen molar-refractivity contribution in [1.82, 2.24) is 0 Å². The largest absolute Gasteiger partial charge is 0.125 e. The van der Waals surface area contributed by atoms with Crippen molar-refractivity contribution in [3.05, 3.63) is 35.9 Å². The van der Waals surface area contributed by atoms with E-state index in [1.54, 1.807) is 0 Å². The average Bonchev–Trinajstić information content (AvgIpc) is 2.62. The van der Waals surface area contributed by atoms with Crippen LogP contribution in [-0.2, 0) is 0 Å². The van der Waals surface area contributed by atoms with E-state index in [4.69, 9.17) is 23.2 Å². The van der Waals surface area contributed by atoms with Crippen molar-refractivity contribution in [2.24, 2.45) is 0 Å². The van der Waals surface area contributed by atoms with Crippen molar-refractivity contribution in [3.8, 4) is 0 Å². The molecule has 0 saturated heterocycles. The Balaban J connectivity index is 2.21. The van der Waals surface area contributed by atoms with Crippen LogP contribution < -0.4 is 0 Å². The van der Waals surface area contributed by atoms with Gasteiger partial charge in [-0.25, -0.2) is 0 Å². The summed E-state index contributed by atoms with van der Waals surface area (Å²) in [5.41, 5.74) is 1.19. The van der Waals surface area contributed by atoms with Crippen molar-refractivity contribution in [2.75, 3.05) is 0 Å². The molecular weight excluding hydrogens is 179 g/mol. The van der Waals surface area contributed by atoms with Crippen molar-refractivity contribution < 1.29 is 0 Å². The van der Waals surface area contributed by atoms with Gasteiger partial charge < -0.3 is 0 Å². The summed E-state index contributed by atoms with van der Waals surface area (Å²) >= 11 is 11.8. The summed E-state index contributed by atoms with van der Waals surface area (Å²) in [6, 6.07) is 10.8. The molecule has 0 aliphatic heterocycles. The molecule has 1 aromatic rings. The molecule has 1 aromatic carbocycles. The molecule has 0 nitrogen and oxygen atoms in total. The lowest BCUT2D eigenvalue weighted by Gasteiger charge is -1.97. The van der Waals surface area contributed by atoms with Crippen molar-refractivity contribution in [1.29, 1.82) is 0 Å². The zero-order valence-electron chi connectivity index (χ0n) is 5.85. The predicted molar refractivity (Wildman–Crippen MR) is 47.1 cm³/mol. The molecule has 0 amide bonds. The Labute approximate surface area is 76.1 Å². The lowest BCUT2D eigenvalue weighted by atomic mass is 10.1. The number of hydrogen-bond donors (Lipinski definition) is 0. The maximum atomic E-state index is 5.89. The Morgan fingerprint density at radius 3 is 2.73 bits per heavy atom. The monoisotopic (exact) mass is 185 g/mol. The first-order chi connectivity index (χ1) is 5.20. The minimum Gasteiger partial charge on any atom is -0.101 e. The fourth-order valence-electron chi connectivity index (χ4n) is 1.20. The van der Waals surface area contributed by atoms with E-state index in [2.05, 4.69) is 6.07 Å². The number of rotatable bonds is 1. The molecule has 1 unspecified atom stereocenters. The molecule has 1 saturated carbocycles. The Morgan fingerprint density at radius 2 is 2.27 bits per heavy atom. The van der Waals surface area contributed by atoms with Gasteiger partial charge in [0.05, 0.1) is 0 Å². The van der Waals surface area contributed by atoms with Crippen LogP contribution in [0.1, 0.15) is 17.9 Å². The van der Waals surface area contributed by atoms with Gasteiger partial charge in [0.1, 0.15) is 4.33 Å². The third-order valence-electron chi connectivity index (χ3n) is 1.96. The first-order valence-electron chi connectivity index (χ1n) is 3.54. The van der Waals surface area contributed by atoms with Crippen LogP contribution in [0.2, 0.25) is 0 Å². The number of alkyl halides is 2. The van der Waals surface area contributed by atoms with Gasteiger partial charge in [-0.2, -0.15) is 0 Å². The van der Waals surface area contributed by atoms with Gasteiger partial charge in [0.2, 0.25) is 0 Å².